The first-order chi connectivity index (χ1) is 8.69. The summed E-state index contributed by atoms with van der Waals surface area (Å²) in [5.74, 6) is -1.19. The molecule has 0 saturated heterocycles. The summed E-state index contributed by atoms with van der Waals surface area (Å²) in [5, 5.41) is 7.22. The van der Waals surface area contributed by atoms with Gasteiger partial charge in [0.25, 0.3) is 22.0 Å². The number of hydrogen-bond acceptors (Lipinski definition) is 4. The first kappa shape index (κ1) is 14.9. The number of anilines is 1. The molecule has 0 spiro atoms. The topological polar surface area (TPSA) is 118 Å². The van der Waals surface area contributed by atoms with Crippen LogP contribution in [0.1, 0.15) is 17.3 Å². The van der Waals surface area contributed by atoms with Gasteiger partial charge >= 0.3 is 0 Å². The third-order valence-electron chi connectivity index (χ3n) is 2.03. The molecule has 0 aliphatic carbocycles. The lowest BCUT2D eigenvalue weighted by Gasteiger charge is -2.06. The van der Waals surface area contributed by atoms with Crippen LogP contribution in [0.3, 0.4) is 0 Å². The molecule has 0 unspecified atom stereocenters. The molecule has 0 aliphatic rings. The van der Waals surface area contributed by atoms with Crippen LogP contribution < -0.4 is 15.2 Å². The van der Waals surface area contributed by atoms with E-state index in [1.165, 1.54) is 24.3 Å². The van der Waals surface area contributed by atoms with E-state index in [4.69, 9.17) is 0 Å². The van der Waals surface area contributed by atoms with Crippen LogP contribution in [0, 0.1) is 0 Å². The highest BCUT2D eigenvalue weighted by molar-refractivity contribution is 7.87. The summed E-state index contributed by atoms with van der Waals surface area (Å²) in [6.45, 7) is 5.04. The van der Waals surface area contributed by atoms with E-state index in [0.29, 0.717) is 11.3 Å². The molecule has 1 rings (SSSR count). The molecule has 0 heterocycles. The van der Waals surface area contributed by atoms with Gasteiger partial charge in [-0.2, -0.15) is 8.42 Å². The Hall–Kier alpha value is -2.19. The molecule has 102 valence electrons. The van der Waals surface area contributed by atoms with Crippen molar-refractivity contribution in [1.29, 1.82) is 0 Å². The minimum absolute atomic E-state index is 0.0994. The van der Waals surface area contributed by atoms with Crippen LogP contribution in [-0.4, -0.2) is 20.2 Å². The quantitative estimate of drug-likeness (QED) is 0.681. The van der Waals surface area contributed by atoms with Gasteiger partial charge in [0, 0.05) is 16.8 Å². The van der Waals surface area contributed by atoms with Crippen molar-refractivity contribution in [2.75, 3.05) is 5.32 Å². The van der Waals surface area contributed by atoms with Crippen molar-refractivity contribution >= 4 is 27.7 Å². The number of nitrogens with two attached hydrogens (primary N) is 1. The maximum Gasteiger partial charge on any atom is 0.298 e. The van der Waals surface area contributed by atoms with Gasteiger partial charge < -0.3 is 5.32 Å². The second-order valence-corrected chi connectivity index (χ2v) is 5.08. The molecule has 0 aromatic heterocycles. The van der Waals surface area contributed by atoms with Gasteiger partial charge in [0.1, 0.15) is 0 Å². The van der Waals surface area contributed by atoms with Crippen LogP contribution in [0.15, 0.2) is 36.4 Å². The van der Waals surface area contributed by atoms with Crippen molar-refractivity contribution in [2.45, 2.75) is 6.92 Å². The van der Waals surface area contributed by atoms with Gasteiger partial charge in [-0.25, -0.2) is 9.86 Å². The van der Waals surface area contributed by atoms with Crippen LogP contribution in [0.4, 0.5) is 5.69 Å². The number of amides is 2. The van der Waals surface area contributed by atoms with E-state index in [0.717, 1.165) is 0 Å². The van der Waals surface area contributed by atoms with E-state index in [2.05, 4.69) is 17.0 Å². The molecule has 0 saturated carbocycles. The SMILES string of the molecule is C=C(C)C(=O)Nc1ccc(C(=O)NS(N)(=O)=O)cc1. The lowest BCUT2D eigenvalue weighted by atomic mass is 10.2. The van der Waals surface area contributed by atoms with Crippen LogP contribution >= 0.6 is 0 Å². The Morgan fingerprint density at radius 2 is 1.74 bits per heavy atom. The summed E-state index contributed by atoms with van der Waals surface area (Å²) in [6, 6.07) is 5.63. The molecule has 2 amide bonds. The molecule has 4 N–H and O–H groups in total. The van der Waals surface area contributed by atoms with Crippen LogP contribution in [0.25, 0.3) is 0 Å². The fourth-order valence-electron chi connectivity index (χ4n) is 1.13. The molecule has 1 aromatic carbocycles. The number of carbonyl (C=O) groups excluding carboxylic acids is 2. The first-order valence-electron chi connectivity index (χ1n) is 5.11. The van der Waals surface area contributed by atoms with E-state index in [1.807, 2.05) is 0 Å². The number of hydrogen-bond donors (Lipinski definition) is 3. The van der Waals surface area contributed by atoms with E-state index in [9.17, 15) is 18.0 Å². The Bertz CT molecular complexity index is 620. The van der Waals surface area contributed by atoms with Crippen molar-refractivity contribution in [3.8, 4) is 0 Å². The van der Waals surface area contributed by atoms with Gasteiger partial charge in [0.15, 0.2) is 0 Å². The van der Waals surface area contributed by atoms with Crippen LogP contribution in [0.5, 0.6) is 0 Å². The molecule has 8 heteroatoms. The predicted molar refractivity (Wildman–Crippen MR) is 70.5 cm³/mol. The fraction of sp³-hybridized carbons (Fsp3) is 0.0909. The van der Waals surface area contributed by atoms with E-state index < -0.39 is 16.1 Å². The van der Waals surface area contributed by atoms with Gasteiger partial charge in [0.2, 0.25) is 0 Å². The lowest BCUT2D eigenvalue weighted by molar-refractivity contribution is -0.112. The third kappa shape index (κ3) is 4.90. The molecule has 0 atom stereocenters. The summed E-state index contributed by atoms with van der Waals surface area (Å²) in [4.78, 5) is 22.8. The summed E-state index contributed by atoms with van der Waals surface area (Å²) < 4.78 is 23.0. The van der Waals surface area contributed by atoms with Crippen LogP contribution in [-0.2, 0) is 15.0 Å². The molecular formula is C11H13N3O4S. The lowest BCUT2D eigenvalue weighted by Crippen LogP contribution is -2.35. The molecule has 0 fully saturated rings. The normalized spacial score (nSPS) is 10.6. The average Bonchev–Trinajstić information content (AvgIpc) is 2.27. The largest absolute Gasteiger partial charge is 0.322 e. The third-order valence-corrected chi connectivity index (χ3v) is 2.50. The summed E-state index contributed by atoms with van der Waals surface area (Å²) in [5.41, 5.74) is 0.901. The minimum atomic E-state index is -4.09. The zero-order valence-electron chi connectivity index (χ0n) is 10.1. The molecule has 1 aromatic rings. The Balaban J connectivity index is 2.79. The molecule has 19 heavy (non-hydrogen) atoms. The van der Waals surface area contributed by atoms with Crippen molar-refractivity contribution < 1.29 is 18.0 Å². The molecule has 7 nitrogen and oxygen atoms in total. The van der Waals surface area contributed by atoms with Crippen molar-refractivity contribution in [3.63, 3.8) is 0 Å². The van der Waals surface area contributed by atoms with E-state index in [1.54, 1.807) is 11.6 Å². The monoisotopic (exact) mass is 283 g/mol. The maximum absolute atomic E-state index is 11.4. The Morgan fingerprint density at radius 1 is 1.21 bits per heavy atom. The number of nitrogens with one attached hydrogen (secondary N) is 2. The van der Waals surface area contributed by atoms with Crippen molar-refractivity contribution in [3.05, 3.63) is 42.0 Å². The second-order valence-electron chi connectivity index (χ2n) is 3.79. The highest BCUT2D eigenvalue weighted by atomic mass is 32.2. The number of carbonyl (C=O) groups is 2. The summed E-state index contributed by atoms with van der Waals surface area (Å²) >= 11 is 0. The maximum atomic E-state index is 11.4. The van der Waals surface area contributed by atoms with E-state index in [-0.39, 0.29) is 11.5 Å². The Labute approximate surface area is 110 Å². The van der Waals surface area contributed by atoms with Gasteiger partial charge in [-0.1, -0.05) is 6.58 Å². The highest BCUT2D eigenvalue weighted by Gasteiger charge is 2.11. The first-order valence-corrected chi connectivity index (χ1v) is 6.65. The molecular weight excluding hydrogens is 270 g/mol. The summed E-state index contributed by atoms with van der Waals surface area (Å²) in [6.07, 6.45) is 0. The number of benzene rings is 1. The predicted octanol–water partition coefficient (Wildman–Crippen LogP) is 0.134. The van der Waals surface area contributed by atoms with Crippen molar-refractivity contribution in [2.24, 2.45) is 5.14 Å². The minimum Gasteiger partial charge on any atom is -0.322 e. The van der Waals surface area contributed by atoms with Crippen molar-refractivity contribution in [1.82, 2.24) is 4.72 Å². The summed E-state index contributed by atoms with van der Waals surface area (Å²) in [7, 11) is -4.09. The standard InChI is InChI=1S/C11H13N3O4S/c1-7(2)10(15)13-9-5-3-8(4-6-9)11(16)14-19(12,17)18/h3-6H,1H2,2H3,(H,13,15)(H,14,16)(H2,12,17,18). The average molecular weight is 283 g/mol. The Kier molecular flexibility index (Phi) is 4.41. The highest BCUT2D eigenvalue weighted by Crippen LogP contribution is 2.10. The number of rotatable bonds is 4. The van der Waals surface area contributed by atoms with Gasteiger partial charge in [-0.05, 0) is 31.2 Å². The van der Waals surface area contributed by atoms with Gasteiger partial charge in [-0.3, -0.25) is 9.59 Å². The zero-order chi connectivity index (χ0) is 14.6. The van der Waals surface area contributed by atoms with Gasteiger partial charge in [-0.15, -0.1) is 0 Å². The van der Waals surface area contributed by atoms with Crippen LogP contribution in [0.2, 0.25) is 0 Å². The smallest absolute Gasteiger partial charge is 0.298 e. The molecule has 0 radical (unpaired) electrons. The van der Waals surface area contributed by atoms with E-state index >= 15 is 0 Å². The van der Waals surface area contributed by atoms with Gasteiger partial charge in [0.05, 0.1) is 0 Å². The Morgan fingerprint density at radius 3 is 2.16 bits per heavy atom. The zero-order valence-corrected chi connectivity index (χ0v) is 11.0. The molecule has 0 aliphatic heterocycles. The molecule has 0 bridgehead atoms. The fourth-order valence-corrected chi connectivity index (χ4v) is 1.51. The second kappa shape index (κ2) is 5.63.